The molecule has 3 heterocycles. The summed E-state index contributed by atoms with van der Waals surface area (Å²) in [4.78, 5) is 24.0. The van der Waals surface area contributed by atoms with E-state index >= 15 is 0 Å². The molecule has 0 saturated carbocycles. The Morgan fingerprint density at radius 3 is 2.70 bits per heavy atom. The van der Waals surface area contributed by atoms with Gasteiger partial charge in [-0.2, -0.15) is 5.10 Å². The maximum absolute atomic E-state index is 12.9. The largest absolute Gasteiger partial charge is 0.329 e. The number of hydrazine groups is 1. The van der Waals surface area contributed by atoms with Gasteiger partial charge in [-0.05, 0) is 42.5 Å². The first-order valence-corrected chi connectivity index (χ1v) is 11.2. The zero-order valence-corrected chi connectivity index (χ0v) is 18.2. The summed E-state index contributed by atoms with van der Waals surface area (Å²) in [5.74, 6) is -0.299. The summed E-state index contributed by atoms with van der Waals surface area (Å²) < 4.78 is 0. The number of nitro groups is 1. The molecule has 1 amide bonds. The second kappa shape index (κ2) is 8.89. The number of hydrogen-bond acceptors (Lipinski definition) is 7. The lowest BCUT2D eigenvalue weighted by molar-refractivity contribution is -0.381. The average molecular weight is 468 g/mol. The standard InChI is InChI=1S/C19H19Cl2N5O3S/c20-12-4-5-16(14(21)10-12)25-17(13-6-9-30-19(13)26(28)29)11-15(22-25)18(27)23-24-7-2-1-3-8-24/h4-6,9-10,17H,1-3,7-8,11H2,(H,23,27). The van der Waals surface area contributed by atoms with Gasteiger partial charge in [0.2, 0.25) is 0 Å². The van der Waals surface area contributed by atoms with E-state index in [4.69, 9.17) is 23.2 Å². The van der Waals surface area contributed by atoms with Crippen LogP contribution in [0.2, 0.25) is 10.0 Å². The number of hydrazone groups is 1. The van der Waals surface area contributed by atoms with Gasteiger partial charge in [0, 0.05) is 24.5 Å². The monoisotopic (exact) mass is 467 g/mol. The number of amides is 1. The molecule has 1 atom stereocenters. The Bertz CT molecular complexity index is 1010. The lowest BCUT2D eigenvalue weighted by Gasteiger charge is -2.26. The summed E-state index contributed by atoms with van der Waals surface area (Å²) >= 11 is 13.5. The van der Waals surface area contributed by atoms with Gasteiger partial charge in [0.25, 0.3) is 5.91 Å². The molecule has 1 aromatic carbocycles. The number of nitrogens with one attached hydrogen (secondary N) is 1. The number of piperidine rings is 1. The quantitative estimate of drug-likeness (QED) is 0.504. The summed E-state index contributed by atoms with van der Waals surface area (Å²) in [7, 11) is 0. The molecule has 2 aliphatic heterocycles. The number of nitrogens with zero attached hydrogens (tertiary/aromatic N) is 4. The molecule has 1 aromatic heterocycles. The number of anilines is 1. The number of thiophene rings is 1. The molecule has 0 radical (unpaired) electrons. The van der Waals surface area contributed by atoms with Crippen LogP contribution in [0.15, 0.2) is 34.7 Å². The number of carbonyl (C=O) groups excluding carboxylic acids is 1. The summed E-state index contributed by atoms with van der Waals surface area (Å²) in [5.41, 5.74) is 4.25. The number of halogens is 2. The van der Waals surface area contributed by atoms with E-state index < -0.39 is 11.0 Å². The summed E-state index contributed by atoms with van der Waals surface area (Å²) in [6, 6.07) is 6.13. The smallest absolute Gasteiger partial charge is 0.284 e. The number of carbonyl (C=O) groups is 1. The molecule has 2 aliphatic rings. The van der Waals surface area contributed by atoms with Gasteiger partial charge < -0.3 is 0 Å². The lowest BCUT2D eigenvalue weighted by Crippen LogP contribution is -2.47. The zero-order chi connectivity index (χ0) is 21.3. The molecule has 1 saturated heterocycles. The van der Waals surface area contributed by atoms with E-state index in [1.165, 1.54) is 0 Å². The van der Waals surface area contributed by atoms with Gasteiger partial charge in [-0.25, -0.2) is 5.01 Å². The van der Waals surface area contributed by atoms with Crippen LogP contribution < -0.4 is 10.4 Å². The Morgan fingerprint density at radius 1 is 1.23 bits per heavy atom. The van der Waals surface area contributed by atoms with E-state index in [9.17, 15) is 14.9 Å². The maximum Gasteiger partial charge on any atom is 0.329 e. The molecule has 0 spiro atoms. The van der Waals surface area contributed by atoms with Crippen LogP contribution in [-0.4, -0.2) is 34.6 Å². The number of benzene rings is 1. The van der Waals surface area contributed by atoms with E-state index in [0.29, 0.717) is 27.0 Å². The van der Waals surface area contributed by atoms with E-state index in [1.807, 2.05) is 5.01 Å². The molecule has 0 bridgehead atoms. The Kier molecular flexibility index (Phi) is 6.24. The summed E-state index contributed by atoms with van der Waals surface area (Å²) in [6.45, 7) is 1.59. The van der Waals surface area contributed by atoms with Crippen LogP contribution in [0, 0.1) is 10.1 Å². The third-order valence-electron chi connectivity index (χ3n) is 5.14. The molecule has 4 rings (SSSR count). The fourth-order valence-electron chi connectivity index (χ4n) is 3.71. The van der Waals surface area contributed by atoms with E-state index in [2.05, 4.69) is 10.5 Å². The molecule has 0 aliphatic carbocycles. The predicted molar refractivity (Wildman–Crippen MR) is 118 cm³/mol. The normalized spacial score (nSPS) is 19.6. The Balaban J connectivity index is 1.66. The minimum Gasteiger partial charge on any atom is -0.284 e. The van der Waals surface area contributed by atoms with Crippen LogP contribution in [0.4, 0.5) is 10.7 Å². The topological polar surface area (TPSA) is 91.1 Å². The molecular weight excluding hydrogens is 449 g/mol. The van der Waals surface area contributed by atoms with Crippen molar-refractivity contribution in [2.45, 2.75) is 31.7 Å². The maximum atomic E-state index is 12.9. The third-order valence-corrected chi connectivity index (χ3v) is 6.56. The van der Waals surface area contributed by atoms with Crippen molar-refractivity contribution >= 4 is 56.8 Å². The van der Waals surface area contributed by atoms with Gasteiger partial charge in [-0.1, -0.05) is 41.0 Å². The highest BCUT2D eigenvalue weighted by Gasteiger charge is 2.38. The van der Waals surface area contributed by atoms with Gasteiger partial charge in [-0.15, -0.1) is 0 Å². The summed E-state index contributed by atoms with van der Waals surface area (Å²) in [6.07, 6.45) is 3.45. The second-order valence-corrected chi connectivity index (χ2v) is 8.87. The molecule has 1 unspecified atom stereocenters. The lowest BCUT2D eigenvalue weighted by atomic mass is 10.0. The van der Waals surface area contributed by atoms with Gasteiger partial charge in [0.05, 0.1) is 27.2 Å². The van der Waals surface area contributed by atoms with Crippen molar-refractivity contribution in [3.8, 4) is 0 Å². The molecule has 30 heavy (non-hydrogen) atoms. The molecule has 1 N–H and O–H groups in total. The highest BCUT2D eigenvalue weighted by Crippen LogP contribution is 2.43. The first kappa shape index (κ1) is 21.0. The van der Waals surface area contributed by atoms with Gasteiger partial charge in [0.15, 0.2) is 0 Å². The Hall–Kier alpha value is -2.20. The van der Waals surface area contributed by atoms with Crippen molar-refractivity contribution in [1.82, 2.24) is 10.4 Å². The molecule has 8 nitrogen and oxygen atoms in total. The average Bonchev–Trinajstić information content (AvgIpc) is 3.36. The van der Waals surface area contributed by atoms with Crippen LogP contribution in [-0.2, 0) is 4.79 Å². The Morgan fingerprint density at radius 2 is 2.00 bits per heavy atom. The molecule has 158 valence electrons. The highest BCUT2D eigenvalue weighted by atomic mass is 35.5. The van der Waals surface area contributed by atoms with Crippen molar-refractivity contribution in [2.24, 2.45) is 5.10 Å². The molecule has 1 fully saturated rings. The van der Waals surface area contributed by atoms with Crippen molar-refractivity contribution in [3.63, 3.8) is 0 Å². The van der Waals surface area contributed by atoms with Gasteiger partial charge in [-0.3, -0.25) is 25.3 Å². The van der Waals surface area contributed by atoms with Crippen molar-refractivity contribution < 1.29 is 9.72 Å². The fraction of sp³-hybridized carbons (Fsp3) is 0.368. The minimum absolute atomic E-state index is 0.0305. The van der Waals surface area contributed by atoms with Crippen LogP contribution >= 0.6 is 34.5 Å². The SMILES string of the molecule is O=C(NN1CCCCC1)C1=NN(c2ccc(Cl)cc2Cl)C(c2ccsc2[N+](=O)[O-])C1. The van der Waals surface area contributed by atoms with Gasteiger partial charge in [0.1, 0.15) is 5.71 Å². The number of hydrogen-bond donors (Lipinski definition) is 1. The molecular formula is C19H19Cl2N5O3S. The van der Waals surface area contributed by atoms with Crippen LogP contribution in [0.1, 0.15) is 37.3 Å². The van der Waals surface area contributed by atoms with Crippen LogP contribution in [0.3, 0.4) is 0 Å². The zero-order valence-electron chi connectivity index (χ0n) is 15.9. The first-order valence-electron chi connectivity index (χ1n) is 9.53. The molecule has 2 aromatic rings. The van der Waals surface area contributed by atoms with E-state index in [0.717, 1.165) is 43.7 Å². The van der Waals surface area contributed by atoms with Crippen LogP contribution in [0.5, 0.6) is 0 Å². The summed E-state index contributed by atoms with van der Waals surface area (Å²) in [5, 5.41) is 22.0. The molecule has 11 heteroatoms. The third kappa shape index (κ3) is 4.29. The van der Waals surface area contributed by atoms with E-state index in [-0.39, 0.29) is 17.3 Å². The predicted octanol–water partition coefficient (Wildman–Crippen LogP) is 4.79. The number of rotatable bonds is 5. The van der Waals surface area contributed by atoms with Crippen molar-refractivity contribution in [3.05, 3.63) is 55.4 Å². The van der Waals surface area contributed by atoms with Gasteiger partial charge >= 0.3 is 5.00 Å². The highest BCUT2D eigenvalue weighted by molar-refractivity contribution is 7.13. The Labute approximate surface area is 187 Å². The first-order chi connectivity index (χ1) is 14.4. The second-order valence-electron chi connectivity index (χ2n) is 7.13. The van der Waals surface area contributed by atoms with E-state index in [1.54, 1.807) is 34.7 Å². The fourth-order valence-corrected chi connectivity index (χ4v) is 4.97. The van der Waals surface area contributed by atoms with Crippen molar-refractivity contribution in [2.75, 3.05) is 18.1 Å². The minimum atomic E-state index is -0.516. The van der Waals surface area contributed by atoms with Crippen LogP contribution in [0.25, 0.3) is 0 Å². The van der Waals surface area contributed by atoms with Crippen molar-refractivity contribution in [1.29, 1.82) is 0 Å².